The number of cyclic esters (lactones) is 1. The number of H-pyrrole nitrogens is 1. The van der Waals surface area contributed by atoms with E-state index in [0.717, 1.165) is 16.8 Å². The highest BCUT2D eigenvalue weighted by atomic mass is 16.6. The fourth-order valence-electron chi connectivity index (χ4n) is 1.89. The molecule has 94 valence electrons. The topological polar surface area (TPSA) is 54.5 Å². The van der Waals surface area contributed by atoms with Gasteiger partial charge in [0, 0.05) is 17.5 Å². The smallest absolute Gasteiger partial charge is 0.363 e. The molecule has 0 bridgehead atoms. The summed E-state index contributed by atoms with van der Waals surface area (Å²) in [4.78, 5) is 19.0. The highest BCUT2D eigenvalue weighted by molar-refractivity contribution is 6.12. The minimum absolute atomic E-state index is 0.305. The number of aryl methyl sites for hydroxylation is 1. The Kier molecular flexibility index (Phi) is 2.76. The average Bonchev–Trinajstić information content (AvgIpc) is 3.01. The Labute approximate surface area is 110 Å². The highest BCUT2D eigenvalue weighted by Crippen LogP contribution is 2.19. The molecule has 2 aromatic rings. The Morgan fingerprint density at radius 2 is 2.16 bits per heavy atom. The molecule has 2 heterocycles. The largest absolute Gasteiger partial charge is 0.402 e. The first kappa shape index (κ1) is 11.5. The molecule has 0 unspecified atom stereocenters. The number of benzene rings is 1. The van der Waals surface area contributed by atoms with Gasteiger partial charge < -0.3 is 9.72 Å². The molecule has 19 heavy (non-hydrogen) atoms. The standard InChI is InChI=1S/C15H12N2O2/c1-10-4-2-5-11(8-10)14-17-13(15(18)19-14)9-12-6-3-7-16-12/h2-9,16H,1H3/b13-9+. The van der Waals surface area contributed by atoms with Gasteiger partial charge in [0.25, 0.3) is 0 Å². The number of aromatic amines is 1. The summed E-state index contributed by atoms with van der Waals surface area (Å²) in [6.07, 6.45) is 3.46. The summed E-state index contributed by atoms with van der Waals surface area (Å²) in [5.41, 5.74) is 3.03. The van der Waals surface area contributed by atoms with E-state index in [9.17, 15) is 4.79 Å². The highest BCUT2D eigenvalue weighted by Gasteiger charge is 2.24. The maximum atomic E-state index is 11.8. The average molecular weight is 252 g/mol. The maximum absolute atomic E-state index is 11.8. The number of ether oxygens (including phenoxy) is 1. The van der Waals surface area contributed by atoms with Gasteiger partial charge in [-0.05, 0) is 37.3 Å². The minimum Gasteiger partial charge on any atom is -0.402 e. The number of esters is 1. The number of aliphatic imine (C=N–C) groups is 1. The number of carbonyl (C=O) groups excluding carboxylic acids is 1. The Balaban J connectivity index is 1.95. The summed E-state index contributed by atoms with van der Waals surface area (Å²) in [5, 5.41) is 0. The monoisotopic (exact) mass is 252 g/mol. The van der Waals surface area contributed by atoms with Gasteiger partial charge in [-0.3, -0.25) is 0 Å². The van der Waals surface area contributed by atoms with Gasteiger partial charge in [-0.15, -0.1) is 0 Å². The van der Waals surface area contributed by atoms with Crippen LogP contribution in [0.3, 0.4) is 0 Å². The van der Waals surface area contributed by atoms with Crippen LogP contribution in [0.15, 0.2) is 53.3 Å². The lowest BCUT2D eigenvalue weighted by atomic mass is 10.1. The van der Waals surface area contributed by atoms with Crippen LogP contribution >= 0.6 is 0 Å². The van der Waals surface area contributed by atoms with E-state index in [4.69, 9.17) is 4.74 Å². The third-order valence-corrected chi connectivity index (χ3v) is 2.80. The molecular weight excluding hydrogens is 240 g/mol. The zero-order chi connectivity index (χ0) is 13.2. The molecular formula is C15H12N2O2. The number of rotatable bonds is 2. The van der Waals surface area contributed by atoms with Crippen molar-refractivity contribution in [3.8, 4) is 0 Å². The Bertz CT molecular complexity index is 682. The molecule has 1 aliphatic heterocycles. The molecule has 0 fully saturated rings. The second-order valence-electron chi connectivity index (χ2n) is 4.33. The lowest BCUT2D eigenvalue weighted by Gasteiger charge is -1.99. The van der Waals surface area contributed by atoms with E-state index in [1.54, 1.807) is 12.3 Å². The van der Waals surface area contributed by atoms with Gasteiger partial charge in [0.1, 0.15) is 0 Å². The molecule has 4 nitrogen and oxygen atoms in total. The number of carbonyl (C=O) groups is 1. The number of hydrogen-bond donors (Lipinski definition) is 1. The Hall–Kier alpha value is -2.62. The van der Waals surface area contributed by atoms with Gasteiger partial charge >= 0.3 is 5.97 Å². The van der Waals surface area contributed by atoms with Crippen LogP contribution in [0.25, 0.3) is 6.08 Å². The van der Waals surface area contributed by atoms with E-state index >= 15 is 0 Å². The molecule has 0 aliphatic carbocycles. The number of nitrogens with zero attached hydrogens (tertiary/aromatic N) is 1. The van der Waals surface area contributed by atoms with Gasteiger partial charge in [0.05, 0.1) is 0 Å². The van der Waals surface area contributed by atoms with E-state index in [0.29, 0.717) is 11.6 Å². The summed E-state index contributed by atoms with van der Waals surface area (Å²) in [6, 6.07) is 11.4. The third kappa shape index (κ3) is 2.33. The summed E-state index contributed by atoms with van der Waals surface area (Å²) in [6.45, 7) is 1.98. The van der Waals surface area contributed by atoms with Crippen LogP contribution in [0.4, 0.5) is 0 Å². The van der Waals surface area contributed by atoms with Crippen molar-refractivity contribution in [3.63, 3.8) is 0 Å². The fraction of sp³-hybridized carbons (Fsp3) is 0.0667. The number of aromatic nitrogens is 1. The third-order valence-electron chi connectivity index (χ3n) is 2.80. The minimum atomic E-state index is -0.425. The Morgan fingerprint density at radius 3 is 2.89 bits per heavy atom. The zero-order valence-electron chi connectivity index (χ0n) is 10.4. The molecule has 1 N–H and O–H groups in total. The second kappa shape index (κ2) is 4.57. The van der Waals surface area contributed by atoms with Crippen LogP contribution in [0.1, 0.15) is 16.8 Å². The van der Waals surface area contributed by atoms with Crippen molar-refractivity contribution in [2.45, 2.75) is 6.92 Å². The van der Waals surface area contributed by atoms with E-state index in [1.807, 2.05) is 43.3 Å². The van der Waals surface area contributed by atoms with Gasteiger partial charge in [0.15, 0.2) is 5.70 Å². The quantitative estimate of drug-likeness (QED) is 0.660. The van der Waals surface area contributed by atoms with Crippen molar-refractivity contribution < 1.29 is 9.53 Å². The molecule has 0 radical (unpaired) electrons. The van der Waals surface area contributed by atoms with E-state index < -0.39 is 5.97 Å². The predicted molar refractivity (Wildman–Crippen MR) is 72.6 cm³/mol. The molecule has 0 atom stereocenters. The molecule has 0 spiro atoms. The zero-order valence-corrected chi connectivity index (χ0v) is 10.4. The maximum Gasteiger partial charge on any atom is 0.363 e. The normalized spacial score (nSPS) is 16.6. The lowest BCUT2D eigenvalue weighted by molar-refractivity contribution is -0.129. The van der Waals surface area contributed by atoms with Crippen molar-refractivity contribution >= 4 is 17.9 Å². The molecule has 0 saturated carbocycles. The van der Waals surface area contributed by atoms with Gasteiger partial charge in [-0.25, -0.2) is 9.79 Å². The SMILES string of the molecule is Cc1cccc(C2=N/C(=C/c3ccc[nH]3)C(=O)O2)c1. The molecule has 1 aromatic carbocycles. The van der Waals surface area contributed by atoms with Crippen LogP contribution in [0.5, 0.6) is 0 Å². The molecule has 4 heteroatoms. The van der Waals surface area contributed by atoms with E-state index in [1.165, 1.54) is 0 Å². The first-order chi connectivity index (χ1) is 9.22. The van der Waals surface area contributed by atoms with Crippen molar-refractivity contribution in [1.82, 2.24) is 4.98 Å². The van der Waals surface area contributed by atoms with E-state index in [-0.39, 0.29) is 0 Å². The second-order valence-corrected chi connectivity index (χ2v) is 4.33. The van der Waals surface area contributed by atoms with Gasteiger partial charge in [-0.1, -0.05) is 17.7 Å². The van der Waals surface area contributed by atoms with Crippen molar-refractivity contribution in [3.05, 3.63) is 65.1 Å². The first-order valence-corrected chi connectivity index (χ1v) is 5.95. The summed E-state index contributed by atoms with van der Waals surface area (Å²) >= 11 is 0. The lowest BCUT2D eigenvalue weighted by Crippen LogP contribution is -2.05. The Morgan fingerprint density at radius 1 is 1.26 bits per heavy atom. The summed E-state index contributed by atoms with van der Waals surface area (Å²) < 4.78 is 5.19. The van der Waals surface area contributed by atoms with Gasteiger partial charge in [0.2, 0.25) is 5.90 Å². The molecule has 0 amide bonds. The van der Waals surface area contributed by atoms with Crippen molar-refractivity contribution in [1.29, 1.82) is 0 Å². The summed E-state index contributed by atoms with van der Waals surface area (Å²) in [7, 11) is 0. The summed E-state index contributed by atoms with van der Waals surface area (Å²) in [5.74, 6) is -0.0717. The number of hydrogen-bond acceptors (Lipinski definition) is 3. The van der Waals surface area contributed by atoms with Crippen molar-refractivity contribution in [2.24, 2.45) is 4.99 Å². The van der Waals surface area contributed by atoms with Crippen LogP contribution < -0.4 is 0 Å². The molecule has 0 saturated heterocycles. The predicted octanol–water partition coefficient (Wildman–Crippen LogP) is 2.67. The van der Waals surface area contributed by atoms with Crippen LogP contribution in [-0.2, 0) is 9.53 Å². The van der Waals surface area contributed by atoms with Crippen LogP contribution in [0, 0.1) is 6.92 Å². The number of nitrogens with one attached hydrogen (secondary N) is 1. The fourth-order valence-corrected chi connectivity index (χ4v) is 1.89. The van der Waals surface area contributed by atoms with Gasteiger partial charge in [-0.2, -0.15) is 0 Å². The van der Waals surface area contributed by atoms with E-state index in [2.05, 4.69) is 9.98 Å². The first-order valence-electron chi connectivity index (χ1n) is 5.95. The molecule has 1 aromatic heterocycles. The van der Waals surface area contributed by atoms with Crippen LogP contribution in [-0.4, -0.2) is 16.9 Å². The van der Waals surface area contributed by atoms with Crippen LogP contribution in [0.2, 0.25) is 0 Å². The van der Waals surface area contributed by atoms with Crippen molar-refractivity contribution in [2.75, 3.05) is 0 Å². The molecule has 3 rings (SSSR count). The molecule has 1 aliphatic rings.